The van der Waals surface area contributed by atoms with E-state index in [1.54, 1.807) is 0 Å². The van der Waals surface area contributed by atoms with E-state index in [4.69, 9.17) is 18.5 Å². The number of ether oxygens (including phenoxy) is 2. The van der Waals surface area contributed by atoms with Crippen molar-refractivity contribution >= 4 is 19.8 Å². The smallest absolute Gasteiger partial charge is 0.306 e. The summed E-state index contributed by atoms with van der Waals surface area (Å²) in [6.07, 6.45) is 50.6. The van der Waals surface area contributed by atoms with Crippen molar-refractivity contribution in [2.75, 3.05) is 47.5 Å². The maximum atomic E-state index is 12.7. The molecule has 1 unspecified atom stereocenters. The van der Waals surface area contributed by atoms with Crippen LogP contribution in [0.4, 0.5) is 0 Å². The summed E-state index contributed by atoms with van der Waals surface area (Å²) in [6, 6.07) is 0. The van der Waals surface area contributed by atoms with Crippen molar-refractivity contribution in [1.29, 1.82) is 0 Å². The summed E-state index contributed by atoms with van der Waals surface area (Å²) >= 11 is 0. The second-order valence-electron chi connectivity index (χ2n) is 18.9. The highest BCUT2D eigenvalue weighted by atomic mass is 31.2. The molecule has 2 atom stereocenters. The standard InChI is InChI=1S/C52H100NO8P/c1-6-8-10-12-14-16-18-20-22-24-25-26-27-29-30-32-34-36-38-40-42-44-51(54)58-48-50(49-60-62(56,57)59-47-46-53(3,4)5)61-52(55)45-43-41-39-37-35-33-31-28-23-21-19-17-15-13-11-9-7-2/h20-23,50H,6-19,24-49H2,1-5H3/b22-20-,23-21-/t50-/m1/s1. The molecule has 0 fully saturated rings. The topological polar surface area (TPSA) is 111 Å². The second kappa shape index (κ2) is 44.7. The van der Waals surface area contributed by atoms with Crippen molar-refractivity contribution in [2.45, 2.75) is 251 Å². The number of esters is 2. The Bertz CT molecular complexity index is 1110. The van der Waals surface area contributed by atoms with Gasteiger partial charge in [-0.05, 0) is 64.2 Å². The van der Waals surface area contributed by atoms with Gasteiger partial charge in [0.25, 0.3) is 7.82 Å². The van der Waals surface area contributed by atoms with Crippen molar-refractivity contribution in [3.8, 4) is 0 Å². The van der Waals surface area contributed by atoms with Gasteiger partial charge >= 0.3 is 11.9 Å². The predicted octanol–water partition coefficient (Wildman–Crippen LogP) is 14.8. The van der Waals surface area contributed by atoms with Crippen molar-refractivity contribution < 1.29 is 42.1 Å². The molecule has 9 nitrogen and oxygen atoms in total. The van der Waals surface area contributed by atoms with E-state index in [0.29, 0.717) is 17.4 Å². The summed E-state index contributed by atoms with van der Waals surface area (Å²) in [5, 5.41) is 0. The van der Waals surface area contributed by atoms with Gasteiger partial charge in [0.15, 0.2) is 6.10 Å². The van der Waals surface area contributed by atoms with E-state index < -0.39 is 26.5 Å². The molecule has 0 amide bonds. The Morgan fingerprint density at radius 2 is 0.823 bits per heavy atom. The fraction of sp³-hybridized carbons (Fsp3) is 0.885. The molecule has 10 heteroatoms. The summed E-state index contributed by atoms with van der Waals surface area (Å²) in [4.78, 5) is 37.7. The molecule has 0 saturated heterocycles. The van der Waals surface area contributed by atoms with E-state index in [2.05, 4.69) is 38.2 Å². The number of likely N-dealkylation sites (N-methyl/N-ethyl adjacent to an activating group) is 1. The van der Waals surface area contributed by atoms with E-state index >= 15 is 0 Å². The molecule has 0 aromatic carbocycles. The molecule has 0 radical (unpaired) electrons. The Morgan fingerprint density at radius 1 is 0.484 bits per heavy atom. The third-order valence-corrected chi connectivity index (χ3v) is 12.4. The molecule has 0 spiro atoms. The van der Waals surface area contributed by atoms with Gasteiger partial charge < -0.3 is 27.9 Å². The number of carbonyl (C=O) groups excluding carboxylic acids is 2. The molecule has 0 heterocycles. The molecule has 0 saturated carbocycles. The summed E-state index contributed by atoms with van der Waals surface area (Å²) in [7, 11) is 1.17. The lowest BCUT2D eigenvalue weighted by molar-refractivity contribution is -0.870. The maximum Gasteiger partial charge on any atom is 0.306 e. The molecule has 62 heavy (non-hydrogen) atoms. The first-order valence-electron chi connectivity index (χ1n) is 26.0. The molecular weight excluding hydrogens is 798 g/mol. The molecule has 0 aliphatic carbocycles. The normalized spacial score (nSPS) is 13.6. The van der Waals surface area contributed by atoms with Gasteiger partial charge in [-0.15, -0.1) is 0 Å². The number of hydrogen-bond donors (Lipinski definition) is 0. The van der Waals surface area contributed by atoms with Crippen LogP contribution >= 0.6 is 7.82 Å². The first-order valence-corrected chi connectivity index (χ1v) is 27.5. The maximum absolute atomic E-state index is 12.7. The van der Waals surface area contributed by atoms with Gasteiger partial charge in [0.05, 0.1) is 27.7 Å². The number of quaternary nitrogens is 1. The predicted molar refractivity (Wildman–Crippen MR) is 259 cm³/mol. The number of allylic oxidation sites excluding steroid dienone is 4. The number of phosphoric ester groups is 1. The average molecular weight is 898 g/mol. The Labute approximate surface area is 383 Å². The van der Waals surface area contributed by atoms with E-state index in [0.717, 1.165) is 44.9 Å². The van der Waals surface area contributed by atoms with Crippen molar-refractivity contribution in [1.82, 2.24) is 0 Å². The Morgan fingerprint density at radius 3 is 1.19 bits per heavy atom. The van der Waals surface area contributed by atoms with E-state index in [9.17, 15) is 19.0 Å². The highest BCUT2D eigenvalue weighted by Gasteiger charge is 2.21. The molecule has 0 aromatic rings. The fourth-order valence-corrected chi connectivity index (χ4v) is 8.08. The Hall–Kier alpha value is -1.51. The van der Waals surface area contributed by atoms with E-state index in [1.165, 1.54) is 167 Å². The van der Waals surface area contributed by atoms with Gasteiger partial charge in [0.1, 0.15) is 19.8 Å². The highest BCUT2D eigenvalue weighted by molar-refractivity contribution is 7.45. The van der Waals surface area contributed by atoms with Crippen LogP contribution in [0.2, 0.25) is 0 Å². The third-order valence-electron chi connectivity index (χ3n) is 11.4. The van der Waals surface area contributed by atoms with Crippen LogP contribution in [-0.2, 0) is 32.7 Å². The second-order valence-corrected chi connectivity index (χ2v) is 20.3. The SMILES string of the molecule is CCCCCCCC/C=C\CCCCCCCCCCCCCC(=O)OC[C@H](COP(=O)([O-])OCC[N+](C)(C)C)OC(=O)CCCCCCCCC/C=C\CCCCCCCC. The lowest BCUT2D eigenvalue weighted by atomic mass is 10.0. The number of carbonyl (C=O) groups is 2. The number of hydrogen-bond acceptors (Lipinski definition) is 8. The van der Waals surface area contributed by atoms with Gasteiger partial charge in [0, 0.05) is 12.8 Å². The quantitative estimate of drug-likeness (QED) is 0.0195. The number of rotatable bonds is 48. The minimum absolute atomic E-state index is 0.0300. The van der Waals surface area contributed by atoms with Crippen LogP contribution in [0.5, 0.6) is 0 Å². The molecule has 0 N–H and O–H groups in total. The summed E-state index contributed by atoms with van der Waals surface area (Å²) in [6.45, 7) is 4.25. The van der Waals surface area contributed by atoms with Crippen LogP contribution in [0.15, 0.2) is 24.3 Å². The summed E-state index contributed by atoms with van der Waals surface area (Å²) < 4.78 is 34.1. The monoisotopic (exact) mass is 898 g/mol. The van der Waals surface area contributed by atoms with Crippen LogP contribution in [0.3, 0.4) is 0 Å². The Balaban J connectivity index is 4.22. The zero-order valence-electron chi connectivity index (χ0n) is 41.3. The molecule has 0 rings (SSSR count). The van der Waals surface area contributed by atoms with Crippen LogP contribution < -0.4 is 4.89 Å². The largest absolute Gasteiger partial charge is 0.756 e. The highest BCUT2D eigenvalue weighted by Crippen LogP contribution is 2.38. The molecular formula is C52H100NO8P. The summed E-state index contributed by atoms with van der Waals surface area (Å²) in [5.41, 5.74) is 0. The van der Waals surface area contributed by atoms with Crippen molar-refractivity contribution in [2.24, 2.45) is 0 Å². The number of phosphoric acid groups is 1. The molecule has 0 bridgehead atoms. The minimum atomic E-state index is -4.63. The van der Waals surface area contributed by atoms with Gasteiger partial charge in [-0.2, -0.15) is 0 Å². The zero-order valence-corrected chi connectivity index (χ0v) is 42.2. The van der Waals surface area contributed by atoms with Crippen LogP contribution in [-0.4, -0.2) is 70.0 Å². The lowest BCUT2D eigenvalue weighted by Crippen LogP contribution is -2.37. The number of nitrogens with zero attached hydrogens (tertiary/aromatic N) is 1. The van der Waals surface area contributed by atoms with Gasteiger partial charge in [-0.1, -0.05) is 192 Å². The number of unbranched alkanes of at least 4 members (excludes halogenated alkanes) is 30. The minimum Gasteiger partial charge on any atom is -0.756 e. The molecule has 0 aliphatic heterocycles. The summed E-state index contributed by atoms with van der Waals surface area (Å²) in [5.74, 6) is -0.830. The molecule has 0 aromatic heterocycles. The van der Waals surface area contributed by atoms with Crippen molar-refractivity contribution in [3.05, 3.63) is 24.3 Å². The van der Waals surface area contributed by atoms with Gasteiger partial charge in [-0.25, -0.2) is 0 Å². The van der Waals surface area contributed by atoms with Crippen LogP contribution in [0.1, 0.15) is 245 Å². The van der Waals surface area contributed by atoms with Crippen LogP contribution in [0, 0.1) is 0 Å². The Kier molecular flexibility index (Phi) is 43.6. The fourth-order valence-electron chi connectivity index (χ4n) is 7.35. The van der Waals surface area contributed by atoms with Crippen LogP contribution in [0.25, 0.3) is 0 Å². The van der Waals surface area contributed by atoms with Gasteiger partial charge in [0.2, 0.25) is 0 Å². The van der Waals surface area contributed by atoms with E-state index in [1.807, 2.05) is 21.1 Å². The lowest BCUT2D eigenvalue weighted by Gasteiger charge is -2.28. The third kappa shape index (κ3) is 48.0. The molecule has 366 valence electrons. The average Bonchev–Trinajstić information content (AvgIpc) is 3.23. The van der Waals surface area contributed by atoms with E-state index in [-0.39, 0.29) is 32.0 Å². The van der Waals surface area contributed by atoms with Gasteiger partial charge in [-0.3, -0.25) is 14.2 Å². The first kappa shape index (κ1) is 60.5. The molecule has 0 aliphatic rings. The van der Waals surface area contributed by atoms with Crippen molar-refractivity contribution in [3.63, 3.8) is 0 Å². The first-order chi connectivity index (χ1) is 30.0. The zero-order chi connectivity index (χ0) is 45.7.